The Kier molecular flexibility index (Phi) is 9.25. The quantitative estimate of drug-likeness (QED) is 0.439. The van der Waals surface area contributed by atoms with E-state index in [1.807, 2.05) is 31.9 Å². The molecule has 1 aromatic carbocycles. The summed E-state index contributed by atoms with van der Waals surface area (Å²) in [6.45, 7) is 10.7. The number of carbonyl (C=O) groups excluding carboxylic acids is 1. The second-order valence-electron chi connectivity index (χ2n) is 12.6. The Morgan fingerprint density at radius 3 is 2.30 bits per heavy atom. The van der Waals surface area contributed by atoms with Gasteiger partial charge in [-0.15, -0.1) is 0 Å². The molecule has 1 amide bonds. The van der Waals surface area contributed by atoms with Gasteiger partial charge in [0.25, 0.3) is 5.91 Å². The highest BCUT2D eigenvalue weighted by Gasteiger charge is 2.37. The molecule has 2 fully saturated rings. The molecule has 8 nitrogen and oxygen atoms in total. The lowest BCUT2D eigenvalue weighted by molar-refractivity contribution is -0.138. The number of pyridine rings is 1. The summed E-state index contributed by atoms with van der Waals surface area (Å²) in [7, 11) is 2.01. The highest BCUT2D eigenvalue weighted by molar-refractivity contribution is 6.07. The summed E-state index contributed by atoms with van der Waals surface area (Å²) >= 11 is 0. The molecule has 0 spiro atoms. The maximum atomic E-state index is 15.9. The van der Waals surface area contributed by atoms with Gasteiger partial charge in [-0.25, -0.2) is 4.39 Å². The van der Waals surface area contributed by atoms with Crippen molar-refractivity contribution in [3.05, 3.63) is 63.3 Å². The Bertz CT molecular complexity index is 1450. The van der Waals surface area contributed by atoms with Gasteiger partial charge in [0.15, 0.2) is 0 Å². The van der Waals surface area contributed by atoms with Gasteiger partial charge in [-0.3, -0.25) is 19.4 Å². The molecule has 0 aliphatic carbocycles. The third-order valence-corrected chi connectivity index (χ3v) is 9.28. The number of H-pyrrole nitrogens is 1. The lowest BCUT2D eigenvalue weighted by atomic mass is 9.93. The second kappa shape index (κ2) is 12.6. The van der Waals surface area contributed by atoms with Crippen molar-refractivity contribution in [2.75, 3.05) is 43.4 Å². The van der Waals surface area contributed by atoms with Gasteiger partial charge < -0.3 is 19.9 Å². The summed E-state index contributed by atoms with van der Waals surface area (Å²) in [5.74, 6) is -1.50. The molecular formula is C32H41F4N5O3. The van der Waals surface area contributed by atoms with E-state index in [2.05, 4.69) is 33.9 Å². The molecule has 0 bridgehead atoms. The first-order valence-corrected chi connectivity index (χ1v) is 15.2. The SMILES string of the molecule is C[C@@H]1CC(N2CC=C(c3cc(NC(=O)c4c[nH]c(=O)cc4C(F)(F)F)c(N4C[C@@H](C)N(C)[C@@H](C)C4)cc3F)CC2)C[C@H](C)O1. The largest absolute Gasteiger partial charge is 0.417 e. The first kappa shape index (κ1) is 32.2. The van der Waals surface area contributed by atoms with Gasteiger partial charge in [0.2, 0.25) is 5.56 Å². The summed E-state index contributed by atoms with van der Waals surface area (Å²) < 4.78 is 63.1. The van der Waals surface area contributed by atoms with Crippen LogP contribution in [0.15, 0.2) is 35.3 Å². The van der Waals surface area contributed by atoms with E-state index in [9.17, 15) is 22.8 Å². The number of piperazine rings is 1. The number of carbonyl (C=O) groups is 1. The lowest BCUT2D eigenvalue weighted by Crippen LogP contribution is -2.55. The standard InChI is InChI=1S/C32H41F4N5O3/c1-18-16-41(17-19(2)39(18)5)29-14-27(33)24(22-6-8-40(9-7-22)23-10-20(3)44-21(4)11-23)12-28(29)38-31(43)25-15-37-30(42)13-26(25)32(34,35)36/h6,12-15,18-21,23H,7-11,16-17H2,1-5H3,(H,37,42)(H,38,43)/t18-,19+,20-,21+,23?. The minimum absolute atomic E-state index is 0.115. The van der Waals surface area contributed by atoms with E-state index in [4.69, 9.17) is 4.74 Å². The van der Waals surface area contributed by atoms with Crippen molar-refractivity contribution in [3.8, 4) is 0 Å². The monoisotopic (exact) mass is 619 g/mol. The van der Waals surface area contributed by atoms with Crippen molar-refractivity contribution >= 4 is 22.9 Å². The van der Waals surface area contributed by atoms with Crippen molar-refractivity contribution in [3.63, 3.8) is 0 Å². The smallest absolute Gasteiger partial charge is 0.375 e. The molecule has 0 radical (unpaired) electrons. The van der Waals surface area contributed by atoms with E-state index in [0.29, 0.717) is 49.4 Å². The van der Waals surface area contributed by atoms with Crippen molar-refractivity contribution < 1.29 is 27.1 Å². The van der Waals surface area contributed by atoms with Crippen LogP contribution in [0.5, 0.6) is 0 Å². The van der Waals surface area contributed by atoms with Gasteiger partial charge in [-0.2, -0.15) is 13.2 Å². The zero-order valence-corrected chi connectivity index (χ0v) is 25.8. The second-order valence-corrected chi connectivity index (χ2v) is 12.6. The van der Waals surface area contributed by atoms with Crippen molar-refractivity contribution in [1.29, 1.82) is 0 Å². The summed E-state index contributed by atoms with van der Waals surface area (Å²) in [5.41, 5.74) is -1.32. The molecule has 1 unspecified atom stereocenters. The predicted molar refractivity (Wildman–Crippen MR) is 163 cm³/mol. The van der Waals surface area contributed by atoms with Gasteiger partial charge >= 0.3 is 6.18 Å². The van der Waals surface area contributed by atoms with Gasteiger partial charge in [-0.1, -0.05) is 6.08 Å². The molecule has 1 aromatic heterocycles. The number of ether oxygens (including phenoxy) is 1. The van der Waals surface area contributed by atoms with E-state index in [1.165, 1.54) is 12.1 Å². The highest BCUT2D eigenvalue weighted by atomic mass is 19.4. The molecule has 12 heteroatoms. The number of halogens is 4. The molecule has 240 valence electrons. The Morgan fingerprint density at radius 1 is 1.05 bits per heavy atom. The van der Waals surface area contributed by atoms with Crippen LogP contribution < -0.4 is 15.8 Å². The number of benzene rings is 1. The normalized spacial score (nSPS) is 27.2. The van der Waals surface area contributed by atoms with Crippen LogP contribution in [0, 0.1) is 5.82 Å². The van der Waals surface area contributed by atoms with Crippen LogP contribution >= 0.6 is 0 Å². The zero-order chi connectivity index (χ0) is 31.9. The van der Waals surface area contributed by atoms with Crippen LogP contribution in [0.25, 0.3) is 5.57 Å². The van der Waals surface area contributed by atoms with E-state index < -0.39 is 34.6 Å². The van der Waals surface area contributed by atoms with E-state index in [0.717, 1.165) is 31.2 Å². The fourth-order valence-corrected chi connectivity index (χ4v) is 6.78. The molecule has 2 saturated heterocycles. The molecule has 3 aliphatic heterocycles. The Morgan fingerprint density at radius 2 is 1.70 bits per heavy atom. The first-order valence-electron chi connectivity index (χ1n) is 15.2. The van der Waals surface area contributed by atoms with Crippen LogP contribution in [0.3, 0.4) is 0 Å². The van der Waals surface area contributed by atoms with Gasteiger partial charge in [0.1, 0.15) is 5.82 Å². The minimum Gasteiger partial charge on any atom is -0.375 e. The summed E-state index contributed by atoms with van der Waals surface area (Å²) in [4.78, 5) is 33.8. The molecule has 2 aromatic rings. The number of anilines is 2. The van der Waals surface area contributed by atoms with Crippen LogP contribution in [0.4, 0.5) is 28.9 Å². The lowest BCUT2D eigenvalue weighted by Gasteiger charge is -2.44. The number of likely N-dealkylation sites (N-methyl/N-ethyl adjacent to an activating group) is 1. The number of hydrogen-bond acceptors (Lipinski definition) is 6. The fraction of sp³-hybridized carbons (Fsp3) is 0.562. The summed E-state index contributed by atoms with van der Waals surface area (Å²) in [5, 5.41) is 2.64. The Balaban J connectivity index is 1.49. The van der Waals surface area contributed by atoms with Crippen molar-refractivity contribution in [2.24, 2.45) is 0 Å². The summed E-state index contributed by atoms with van der Waals surface area (Å²) in [6, 6.07) is 3.88. The average Bonchev–Trinajstić information content (AvgIpc) is 2.95. The van der Waals surface area contributed by atoms with E-state index in [1.54, 1.807) is 0 Å². The third-order valence-electron chi connectivity index (χ3n) is 9.28. The molecule has 0 saturated carbocycles. The van der Waals surface area contributed by atoms with Gasteiger partial charge in [0.05, 0.1) is 34.7 Å². The zero-order valence-electron chi connectivity index (χ0n) is 25.8. The van der Waals surface area contributed by atoms with Crippen LogP contribution in [-0.2, 0) is 10.9 Å². The predicted octanol–water partition coefficient (Wildman–Crippen LogP) is 5.36. The number of alkyl halides is 3. The van der Waals surface area contributed by atoms with Crippen molar-refractivity contribution in [2.45, 2.75) is 83.5 Å². The third kappa shape index (κ3) is 6.87. The highest BCUT2D eigenvalue weighted by Crippen LogP contribution is 2.38. The van der Waals surface area contributed by atoms with Crippen molar-refractivity contribution in [1.82, 2.24) is 14.8 Å². The molecule has 5 atom stereocenters. The van der Waals surface area contributed by atoms with Crippen LogP contribution in [0.2, 0.25) is 0 Å². The number of hydrogen-bond donors (Lipinski definition) is 2. The van der Waals surface area contributed by atoms with Gasteiger partial charge in [-0.05, 0) is 71.7 Å². The molecular weight excluding hydrogens is 578 g/mol. The Labute approximate surface area is 255 Å². The minimum atomic E-state index is -4.92. The first-order chi connectivity index (χ1) is 20.7. The number of nitrogens with zero attached hydrogens (tertiary/aromatic N) is 3. The summed E-state index contributed by atoms with van der Waals surface area (Å²) in [6.07, 6.45) is 0.640. The molecule has 4 heterocycles. The average molecular weight is 620 g/mol. The van der Waals surface area contributed by atoms with Gasteiger partial charge in [0, 0.05) is 62.1 Å². The number of rotatable bonds is 5. The van der Waals surface area contributed by atoms with Crippen LogP contribution in [-0.4, -0.2) is 84.3 Å². The number of aromatic nitrogens is 1. The maximum absolute atomic E-state index is 15.9. The topological polar surface area (TPSA) is 80.9 Å². The van der Waals surface area contributed by atoms with Crippen LogP contribution in [0.1, 0.15) is 68.4 Å². The molecule has 44 heavy (non-hydrogen) atoms. The molecule has 5 rings (SSSR count). The fourth-order valence-electron chi connectivity index (χ4n) is 6.78. The van der Waals surface area contributed by atoms with E-state index in [-0.39, 0.29) is 30.0 Å². The van der Waals surface area contributed by atoms with E-state index >= 15 is 4.39 Å². The number of aromatic amines is 1. The number of amides is 1. The molecule has 2 N–H and O–H groups in total. The molecule has 3 aliphatic rings. The maximum Gasteiger partial charge on any atom is 0.417 e. The number of nitrogens with one attached hydrogen (secondary N) is 2. The Hall–Kier alpha value is -3.22.